The Morgan fingerprint density at radius 2 is 1.79 bits per heavy atom. The average molecular weight is 354 g/mol. The van der Waals surface area contributed by atoms with Crippen LogP contribution in [0, 0.1) is 13.8 Å². The van der Waals surface area contributed by atoms with Crippen molar-refractivity contribution >= 4 is 23.1 Å². The van der Waals surface area contributed by atoms with E-state index in [1.165, 1.54) is 24.4 Å². The van der Waals surface area contributed by atoms with Crippen molar-refractivity contribution in [2.75, 3.05) is 5.32 Å². The fourth-order valence-corrected chi connectivity index (χ4v) is 2.25. The number of ketones is 1. The molecule has 0 radical (unpaired) electrons. The number of rotatable bonds is 4. The Morgan fingerprint density at radius 1 is 1.08 bits per heavy atom. The summed E-state index contributed by atoms with van der Waals surface area (Å²) in [6.07, 6.45) is -2.16. The molecule has 0 aliphatic heterocycles. The van der Waals surface area contributed by atoms with Crippen LogP contribution in [0.15, 0.2) is 48.7 Å². The molecule has 0 fully saturated rings. The molecule has 0 saturated carbocycles. The van der Waals surface area contributed by atoms with Crippen LogP contribution in [-0.4, -0.2) is 5.78 Å². The van der Waals surface area contributed by atoms with Crippen LogP contribution >= 0.6 is 11.6 Å². The molecule has 0 aliphatic carbocycles. The maximum absolute atomic E-state index is 13.0. The van der Waals surface area contributed by atoms with Gasteiger partial charge in [0.25, 0.3) is 0 Å². The molecule has 0 saturated heterocycles. The number of benzene rings is 2. The summed E-state index contributed by atoms with van der Waals surface area (Å²) >= 11 is 5.62. The lowest BCUT2D eigenvalue weighted by Gasteiger charge is -2.12. The van der Waals surface area contributed by atoms with Crippen molar-refractivity contribution in [2.24, 2.45) is 0 Å². The summed E-state index contributed by atoms with van der Waals surface area (Å²) in [5.41, 5.74) is 1.45. The molecule has 0 aromatic heterocycles. The molecule has 2 aromatic rings. The van der Waals surface area contributed by atoms with Crippen LogP contribution in [0.3, 0.4) is 0 Å². The predicted octanol–water partition coefficient (Wildman–Crippen LogP) is 5.78. The molecular formula is C18H15ClF3NO. The van der Waals surface area contributed by atoms with E-state index < -0.39 is 11.7 Å². The third kappa shape index (κ3) is 4.38. The van der Waals surface area contributed by atoms with Crippen molar-refractivity contribution in [3.8, 4) is 0 Å². The average Bonchev–Trinajstić information content (AvgIpc) is 2.50. The molecule has 0 spiro atoms. The third-order valence-corrected chi connectivity index (χ3v) is 3.79. The number of hydrogen-bond acceptors (Lipinski definition) is 2. The van der Waals surface area contributed by atoms with Gasteiger partial charge in [-0.25, -0.2) is 0 Å². The number of nitrogens with one attached hydrogen (secondary N) is 1. The van der Waals surface area contributed by atoms with Gasteiger partial charge in [-0.05, 0) is 49.2 Å². The number of allylic oxidation sites excluding steroid dienone is 1. The number of anilines is 1. The third-order valence-electron chi connectivity index (χ3n) is 3.55. The molecule has 0 unspecified atom stereocenters. The first-order valence-corrected chi connectivity index (χ1v) is 7.47. The van der Waals surface area contributed by atoms with E-state index in [0.717, 1.165) is 17.2 Å². The largest absolute Gasteiger partial charge is 0.418 e. The van der Waals surface area contributed by atoms with Gasteiger partial charge in [-0.15, -0.1) is 0 Å². The van der Waals surface area contributed by atoms with Gasteiger partial charge in [0.05, 0.1) is 11.3 Å². The van der Waals surface area contributed by atoms with Crippen molar-refractivity contribution in [3.63, 3.8) is 0 Å². The van der Waals surface area contributed by atoms with E-state index in [0.29, 0.717) is 5.56 Å². The van der Waals surface area contributed by atoms with E-state index in [-0.39, 0.29) is 16.5 Å². The van der Waals surface area contributed by atoms with Crippen LogP contribution < -0.4 is 5.32 Å². The summed E-state index contributed by atoms with van der Waals surface area (Å²) in [6, 6.07) is 8.64. The zero-order valence-corrected chi connectivity index (χ0v) is 13.8. The van der Waals surface area contributed by atoms with E-state index in [1.54, 1.807) is 12.1 Å². The lowest BCUT2D eigenvalue weighted by atomic mass is 10.0. The van der Waals surface area contributed by atoms with Crippen molar-refractivity contribution in [3.05, 3.63) is 76.0 Å². The molecule has 24 heavy (non-hydrogen) atoms. The monoisotopic (exact) mass is 353 g/mol. The second-order valence-electron chi connectivity index (χ2n) is 5.33. The minimum absolute atomic E-state index is 0.0111. The van der Waals surface area contributed by atoms with Crippen LogP contribution in [0.25, 0.3) is 0 Å². The molecule has 6 heteroatoms. The Hall–Kier alpha value is -2.27. The Kier molecular flexibility index (Phi) is 5.34. The highest BCUT2D eigenvalue weighted by molar-refractivity contribution is 6.30. The van der Waals surface area contributed by atoms with Gasteiger partial charge in [0, 0.05) is 22.9 Å². The zero-order valence-electron chi connectivity index (χ0n) is 13.0. The van der Waals surface area contributed by atoms with E-state index in [4.69, 9.17) is 11.6 Å². The van der Waals surface area contributed by atoms with Crippen LogP contribution in [0.4, 0.5) is 18.9 Å². The standard InChI is InChI=1S/C18H15ClF3NO/c1-11-3-4-13(9-12(11)2)17(24)7-8-23-16-6-5-14(19)10-15(16)18(20,21)22/h3-10,23H,1-2H3. The molecule has 0 atom stereocenters. The summed E-state index contributed by atoms with van der Waals surface area (Å²) in [4.78, 5) is 12.1. The Balaban J connectivity index is 2.17. The number of alkyl halides is 3. The number of halogens is 4. The molecular weight excluding hydrogens is 339 g/mol. The fraction of sp³-hybridized carbons (Fsp3) is 0.167. The number of hydrogen-bond donors (Lipinski definition) is 1. The SMILES string of the molecule is Cc1ccc(C(=O)C=CNc2ccc(Cl)cc2C(F)(F)F)cc1C. The fourth-order valence-electron chi connectivity index (χ4n) is 2.07. The molecule has 126 valence electrons. The second kappa shape index (κ2) is 7.09. The van der Waals surface area contributed by atoms with Crippen LogP contribution in [-0.2, 0) is 6.18 Å². The van der Waals surface area contributed by atoms with Gasteiger partial charge >= 0.3 is 6.18 Å². The molecule has 0 aliphatic rings. The highest BCUT2D eigenvalue weighted by Crippen LogP contribution is 2.36. The van der Waals surface area contributed by atoms with Gasteiger partial charge < -0.3 is 5.32 Å². The summed E-state index contributed by atoms with van der Waals surface area (Å²) in [5.74, 6) is -0.298. The van der Waals surface area contributed by atoms with Crippen molar-refractivity contribution in [2.45, 2.75) is 20.0 Å². The van der Waals surface area contributed by atoms with Crippen LogP contribution in [0.1, 0.15) is 27.0 Å². The van der Waals surface area contributed by atoms with Crippen molar-refractivity contribution in [1.82, 2.24) is 0 Å². The predicted molar refractivity (Wildman–Crippen MR) is 89.5 cm³/mol. The molecule has 1 N–H and O–H groups in total. The summed E-state index contributed by atoms with van der Waals surface area (Å²) in [7, 11) is 0. The lowest BCUT2D eigenvalue weighted by molar-refractivity contribution is -0.136. The summed E-state index contributed by atoms with van der Waals surface area (Å²) < 4.78 is 38.9. The van der Waals surface area contributed by atoms with Crippen LogP contribution in [0.5, 0.6) is 0 Å². The Morgan fingerprint density at radius 3 is 2.42 bits per heavy atom. The first-order valence-electron chi connectivity index (χ1n) is 7.10. The number of carbonyl (C=O) groups is 1. The quantitative estimate of drug-likeness (QED) is 0.557. The van der Waals surface area contributed by atoms with Gasteiger partial charge in [-0.3, -0.25) is 4.79 Å². The zero-order chi connectivity index (χ0) is 17.9. The van der Waals surface area contributed by atoms with Gasteiger partial charge in [-0.2, -0.15) is 13.2 Å². The molecule has 2 nitrogen and oxygen atoms in total. The molecule has 2 rings (SSSR count). The smallest absolute Gasteiger partial charge is 0.361 e. The Bertz CT molecular complexity index is 797. The molecule has 0 heterocycles. The lowest BCUT2D eigenvalue weighted by Crippen LogP contribution is -2.08. The summed E-state index contributed by atoms with van der Waals surface area (Å²) in [6.45, 7) is 3.82. The van der Waals surface area contributed by atoms with E-state index in [2.05, 4.69) is 5.32 Å². The number of aryl methyl sites for hydroxylation is 2. The Labute approximate surface area is 142 Å². The second-order valence-corrected chi connectivity index (χ2v) is 5.77. The molecule has 2 aromatic carbocycles. The maximum Gasteiger partial charge on any atom is 0.418 e. The number of carbonyl (C=O) groups excluding carboxylic acids is 1. The van der Waals surface area contributed by atoms with Gasteiger partial charge in [0.15, 0.2) is 5.78 Å². The normalized spacial score (nSPS) is 11.8. The highest BCUT2D eigenvalue weighted by atomic mass is 35.5. The molecule has 0 bridgehead atoms. The van der Waals surface area contributed by atoms with Gasteiger partial charge in [0.1, 0.15) is 0 Å². The first kappa shape index (κ1) is 18.1. The topological polar surface area (TPSA) is 29.1 Å². The molecule has 0 amide bonds. The van der Waals surface area contributed by atoms with Gasteiger partial charge in [0.2, 0.25) is 0 Å². The van der Waals surface area contributed by atoms with Crippen LogP contribution in [0.2, 0.25) is 5.02 Å². The first-order chi connectivity index (χ1) is 11.2. The van der Waals surface area contributed by atoms with E-state index >= 15 is 0 Å². The minimum Gasteiger partial charge on any atom is -0.361 e. The van der Waals surface area contributed by atoms with Crippen molar-refractivity contribution in [1.29, 1.82) is 0 Å². The minimum atomic E-state index is -4.54. The highest BCUT2D eigenvalue weighted by Gasteiger charge is 2.33. The van der Waals surface area contributed by atoms with E-state index in [1.807, 2.05) is 19.9 Å². The maximum atomic E-state index is 13.0. The van der Waals surface area contributed by atoms with Gasteiger partial charge in [-0.1, -0.05) is 23.7 Å². The summed E-state index contributed by atoms with van der Waals surface area (Å²) in [5, 5.41) is 2.48. The van der Waals surface area contributed by atoms with E-state index in [9.17, 15) is 18.0 Å². The van der Waals surface area contributed by atoms with Crippen molar-refractivity contribution < 1.29 is 18.0 Å².